The van der Waals surface area contributed by atoms with Crippen molar-refractivity contribution in [1.29, 1.82) is 0 Å². The van der Waals surface area contributed by atoms with E-state index in [1.165, 1.54) is 0 Å². The molecular weight excluding hydrogens is 422 g/mol. The van der Waals surface area contributed by atoms with Crippen molar-refractivity contribution in [2.45, 2.75) is 13.8 Å². The highest BCUT2D eigenvalue weighted by molar-refractivity contribution is 7.15. The number of hydrogen-bond donors (Lipinski definition) is 0. The van der Waals surface area contributed by atoms with E-state index in [-0.39, 0.29) is 5.91 Å². The van der Waals surface area contributed by atoms with Crippen molar-refractivity contribution in [1.82, 2.24) is 29.5 Å². The topological polar surface area (TPSA) is 79.5 Å². The second-order valence-electron chi connectivity index (χ2n) is 8.58. The maximum atomic E-state index is 13.4. The summed E-state index contributed by atoms with van der Waals surface area (Å²) in [5, 5.41) is 5.17. The van der Waals surface area contributed by atoms with Crippen LogP contribution in [0.4, 0.5) is 5.95 Å². The van der Waals surface area contributed by atoms with Crippen LogP contribution in [0.25, 0.3) is 16.1 Å². The molecule has 9 heteroatoms. The molecule has 2 fully saturated rings. The van der Waals surface area contributed by atoms with Crippen molar-refractivity contribution < 1.29 is 4.79 Å². The molecule has 0 unspecified atom stereocenters. The molecule has 2 atom stereocenters. The number of aryl methyl sites for hydroxylation is 2. The zero-order valence-corrected chi connectivity index (χ0v) is 18.8. The molecule has 0 spiro atoms. The number of nitrogens with zero attached hydrogens (tertiary/aromatic N) is 7. The van der Waals surface area contributed by atoms with Gasteiger partial charge in [0.25, 0.3) is 5.91 Å². The lowest BCUT2D eigenvalue weighted by atomic mass is 10.0. The summed E-state index contributed by atoms with van der Waals surface area (Å²) in [7, 11) is 0. The molecule has 0 aliphatic carbocycles. The number of carbonyl (C=O) groups excluding carboxylic acids is 1. The summed E-state index contributed by atoms with van der Waals surface area (Å²) >= 11 is 1.59. The van der Waals surface area contributed by atoms with Gasteiger partial charge in [-0.15, -0.1) is 11.3 Å². The lowest BCUT2D eigenvalue weighted by Crippen LogP contribution is -2.34. The maximum absolute atomic E-state index is 13.4. The number of anilines is 1. The van der Waals surface area contributed by atoms with E-state index in [1.54, 1.807) is 22.0 Å². The number of aromatic nitrogens is 5. The van der Waals surface area contributed by atoms with Gasteiger partial charge in [0.1, 0.15) is 11.5 Å². The zero-order chi connectivity index (χ0) is 21.8. The zero-order valence-electron chi connectivity index (χ0n) is 18.0. The molecule has 8 nitrogen and oxygen atoms in total. The van der Waals surface area contributed by atoms with Gasteiger partial charge in [-0.2, -0.15) is 15.1 Å². The summed E-state index contributed by atoms with van der Waals surface area (Å²) in [6.07, 6.45) is 1.74. The first-order valence-electron chi connectivity index (χ1n) is 10.8. The Kier molecular flexibility index (Phi) is 4.46. The average molecular weight is 446 g/mol. The fourth-order valence-electron chi connectivity index (χ4n) is 4.92. The minimum absolute atomic E-state index is 0.0435. The molecule has 6 rings (SSSR count). The molecule has 0 bridgehead atoms. The highest BCUT2D eigenvalue weighted by Gasteiger charge is 2.43. The SMILES string of the molecule is Cc1nc(C(=O)N2C[C@@H]3CN(c4nc(C)n5nccc5n4)C[C@@H]3C2)c(-c2ccccc2)s1. The van der Waals surface area contributed by atoms with Crippen molar-refractivity contribution in [2.75, 3.05) is 31.1 Å². The Balaban J connectivity index is 1.20. The molecule has 3 aromatic heterocycles. The third-order valence-corrected chi connectivity index (χ3v) is 7.45. The third-order valence-electron chi connectivity index (χ3n) is 6.43. The molecule has 5 heterocycles. The van der Waals surface area contributed by atoms with Crippen LogP contribution in [0.5, 0.6) is 0 Å². The number of benzene rings is 1. The summed E-state index contributed by atoms with van der Waals surface area (Å²) in [5.74, 6) is 2.47. The van der Waals surface area contributed by atoms with Crippen molar-refractivity contribution in [3.05, 3.63) is 59.1 Å². The Morgan fingerprint density at radius 2 is 1.72 bits per heavy atom. The summed E-state index contributed by atoms with van der Waals surface area (Å²) < 4.78 is 1.75. The number of fused-ring (bicyclic) bond motifs is 2. The first kappa shape index (κ1) is 19.4. The van der Waals surface area contributed by atoms with E-state index in [0.717, 1.165) is 59.0 Å². The van der Waals surface area contributed by atoms with Gasteiger partial charge in [-0.1, -0.05) is 30.3 Å². The summed E-state index contributed by atoms with van der Waals surface area (Å²) in [4.78, 5) is 32.6. The third kappa shape index (κ3) is 3.15. The van der Waals surface area contributed by atoms with Crippen molar-refractivity contribution in [2.24, 2.45) is 11.8 Å². The summed E-state index contributed by atoms with van der Waals surface area (Å²) in [6.45, 7) is 7.13. The number of hydrogen-bond acceptors (Lipinski definition) is 7. The second-order valence-corrected chi connectivity index (χ2v) is 9.79. The lowest BCUT2D eigenvalue weighted by molar-refractivity contribution is 0.0778. The molecule has 0 saturated carbocycles. The van der Waals surface area contributed by atoms with Crippen LogP contribution in [0.1, 0.15) is 21.3 Å². The predicted molar refractivity (Wildman–Crippen MR) is 123 cm³/mol. The van der Waals surface area contributed by atoms with E-state index in [4.69, 9.17) is 0 Å². The molecule has 1 aromatic carbocycles. The minimum Gasteiger partial charge on any atom is -0.340 e. The highest BCUT2D eigenvalue weighted by Crippen LogP contribution is 2.36. The van der Waals surface area contributed by atoms with Crippen LogP contribution >= 0.6 is 11.3 Å². The molecule has 0 N–H and O–H groups in total. The second kappa shape index (κ2) is 7.37. The normalized spacial score (nSPS) is 20.3. The Hall–Kier alpha value is -3.33. The van der Waals surface area contributed by atoms with E-state index in [0.29, 0.717) is 17.5 Å². The maximum Gasteiger partial charge on any atom is 0.274 e. The molecule has 162 valence electrons. The van der Waals surface area contributed by atoms with Crippen LogP contribution in [-0.2, 0) is 0 Å². The molecule has 2 saturated heterocycles. The van der Waals surface area contributed by atoms with Gasteiger partial charge in [0.15, 0.2) is 5.65 Å². The van der Waals surface area contributed by atoms with Gasteiger partial charge < -0.3 is 9.80 Å². The molecule has 2 aliphatic rings. The number of thiazole rings is 1. The Morgan fingerprint density at radius 3 is 2.47 bits per heavy atom. The van der Waals surface area contributed by atoms with Gasteiger partial charge in [-0.25, -0.2) is 9.50 Å². The van der Waals surface area contributed by atoms with Gasteiger partial charge in [-0.05, 0) is 19.4 Å². The quantitative estimate of drug-likeness (QED) is 0.482. The molecule has 2 aliphatic heterocycles. The monoisotopic (exact) mass is 445 g/mol. The van der Waals surface area contributed by atoms with Crippen LogP contribution in [-0.4, -0.2) is 61.6 Å². The molecule has 1 amide bonds. The van der Waals surface area contributed by atoms with Gasteiger partial charge in [0.05, 0.1) is 16.1 Å². The van der Waals surface area contributed by atoms with Crippen LogP contribution in [0.3, 0.4) is 0 Å². The molecule has 32 heavy (non-hydrogen) atoms. The summed E-state index contributed by atoms with van der Waals surface area (Å²) in [6, 6.07) is 12.0. The van der Waals surface area contributed by atoms with E-state index in [9.17, 15) is 4.79 Å². The van der Waals surface area contributed by atoms with Gasteiger partial charge >= 0.3 is 0 Å². The van der Waals surface area contributed by atoms with E-state index in [1.807, 2.05) is 55.1 Å². The Bertz CT molecular complexity index is 1300. The predicted octanol–water partition coefficient (Wildman–Crippen LogP) is 3.07. The van der Waals surface area contributed by atoms with Crippen molar-refractivity contribution in [3.63, 3.8) is 0 Å². The standard InChI is InChI=1S/C23H23N7OS/c1-14-25-23(27-19-8-9-24-30(14)19)29-12-17-10-28(11-18(17)13-29)22(31)20-21(32-15(2)26-20)16-6-4-3-5-7-16/h3-9,17-18H,10-13H2,1-2H3/t17-,18+. The highest BCUT2D eigenvalue weighted by atomic mass is 32.1. The fraction of sp³-hybridized carbons (Fsp3) is 0.348. The fourth-order valence-corrected chi connectivity index (χ4v) is 5.84. The number of rotatable bonds is 3. The van der Waals surface area contributed by atoms with E-state index in [2.05, 4.69) is 25.0 Å². The molecule has 4 aromatic rings. The smallest absolute Gasteiger partial charge is 0.274 e. The van der Waals surface area contributed by atoms with Crippen LogP contribution in [0.15, 0.2) is 42.6 Å². The number of likely N-dealkylation sites (tertiary alicyclic amines) is 1. The van der Waals surface area contributed by atoms with Gasteiger partial charge in [0, 0.05) is 44.1 Å². The number of amides is 1. The van der Waals surface area contributed by atoms with Crippen LogP contribution < -0.4 is 4.90 Å². The number of carbonyl (C=O) groups is 1. The first-order valence-corrected chi connectivity index (χ1v) is 11.6. The van der Waals surface area contributed by atoms with E-state index >= 15 is 0 Å². The minimum atomic E-state index is 0.0435. The van der Waals surface area contributed by atoms with Crippen LogP contribution in [0, 0.1) is 25.7 Å². The average Bonchev–Trinajstić information content (AvgIpc) is 3.56. The van der Waals surface area contributed by atoms with Gasteiger partial charge in [0.2, 0.25) is 5.95 Å². The first-order chi connectivity index (χ1) is 15.6. The van der Waals surface area contributed by atoms with Crippen molar-refractivity contribution in [3.8, 4) is 10.4 Å². The lowest BCUT2D eigenvalue weighted by Gasteiger charge is -2.22. The Labute approximate surface area is 189 Å². The van der Waals surface area contributed by atoms with Crippen molar-refractivity contribution >= 4 is 28.8 Å². The largest absolute Gasteiger partial charge is 0.340 e. The van der Waals surface area contributed by atoms with E-state index < -0.39 is 0 Å². The summed E-state index contributed by atoms with van der Waals surface area (Å²) in [5.41, 5.74) is 2.45. The Morgan fingerprint density at radius 1 is 0.969 bits per heavy atom. The van der Waals surface area contributed by atoms with Crippen LogP contribution in [0.2, 0.25) is 0 Å². The molecular formula is C23H23N7OS. The van der Waals surface area contributed by atoms with Gasteiger partial charge in [-0.3, -0.25) is 4.79 Å². The molecule has 0 radical (unpaired) electrons.